The van der Waals surface area contributed by atoms with Crippen LogP contribution in [0.3, 0.4) is 0 Å². The van der Waals surface area contributed by atoms with Crippen molar-refractivity contribution >= 4 is 32.6 Å². The van der Waals surface area contributed by atoms with Crippen molar-refractivity contribution in [2.45, 2.75) is 20.0 Å². The van der Waals surface area contributed by atoms with Gasteiger partial charge in [-0.25, -0.2) is 9.37 Å². The second-order valence-corrected chi connectivity index (χ2v) is 6.17. The molecule has 0 aliphatic carbocycles. The van der Waals surface area contributed by atoms with E-state index in [1.807, 2.05) is 25.1 Å². The van der Waals surface area contributed by atoms with Crippen molar-refractivity contribution in [1.29, 1.82) is 0 Å². The maximum Gasteiger partial charge on any atom is 0.266 e. The van der Waals surface area contributed by atoms with Crippen LogP contribution in [-0.4, -0.2) is 17.0 Å². The number of nitrogens with one attached hydrogen (secondary N) is 1. The number of rotatable bonds is 4. The van der Waals surface area contributed by atoms with Gasteiger partial charge in [-0.15, -0.1) is 0 Å². The Hall–Kier alpha value is -2.47. The van der Waals surface area contributed by atoms with E-state index >= 15 is 0 Å². The lowest BCUT2D eigenvalue weighted by atomic mass is 10.2. The van der Waals surface area contributed by atoms with Crippen molar-refractivity contribution in [3.63, 3.8) is 0 Å². The minimum absolute atomic E-state index is 0.300. The summed E-state index contributed by atoms with van der Waals surface area (Å²) in [7, 11) is 0. The molecule has 3 aromatic rings. The number of aromatic nitrogens is 1. The number of para-hydroxylation sites is 1. The SMILES string of the molecule is Cc1cccc2sc(NC(=O)[C@@H](C)Oc3ccc(F)cc3)nc12. The van der Waals surface area contributed by atoms with Gasteiger partial charge >= 0.3 is 0 Å². The molecule has 4 nitrogen and oxygen atoms in total. The molecule has 1 heterocycles. The smallest absolute Gasteiger partial charge is 0.266 e. The summed E-state index contributed by atoms with van der Waals surface area (Å²) in [5.41, 5.74) is 1.95. The number of nitrogens with zero attached hydrogens (tertiary/aromatic N) is 1. The van der Waals surface area contributed by atoms with E-state index in [2.05, 4.69) is 10.3 Å². The number of anilines is 1. The normalized spacial score (nSPS) is 12.1. The second-order valence-electron chi connectivity index (χ2n) is 5.14. The van der Waals surface area contributed by atoms with E-state index < -0.39 is 6.10 Å². The van der Waals surface area contributed by atoms with Gasteiger partial charge in [0.2, 0.25) is 0 Å². The van der Waals surface area contributed by atoms with E-state index in [0.29, 0.717) is 10.9 Å². The zero-order valence-corrected chi connectivity index (χ0v) is 13.5. The molecular weight excluding hydrogens is 315 g/mol. The summed E-state index contributed by atoms with van der Waals surface area (Å²) in [6, 6.07) is 11.5. The molecule has 1 aromatic heterocycles. The number of halogens is 1. The molecule has 0 bridgehead atoms. The molecule has 6 heteroatoms. The van der Waals surface area contributed by atoms with E-state index in [4.69, 9.17) is 4.74 Å². The van der Waals surface area contributed by atoms with Crippen LogP contribution in [-0.2, 0) is 4.79 Å². The molecular formula is C17H15FN2O2S. The summed E-state index contributed by atoms with van der Waals surface area (Å²) < 4.78 is 19.4. The number of aryl methyl sites for hydroxylation is 1. The minimum Gasteiger partial charge on any atom is -0.481 e. The fourth-order valence-electron chi connectivity index (χ4n) is 2.12. The van der Waals surface area contributed by atoms with Gasteiger partial charge in [0.1, 0.15) is 11.6 Å². The average Bonchev–Trinajstić information content (AvgIpc) is 2.93. The molecule has 0 saturated carbocycles. The van der Waals surface area contributed by atoms with Crippen molar-refractivity contribution in [3.8, 4) is 5.75 Å². The number of fused-ring (bicyclic) bond motifs is 1. The monoisotopic (exact) mass is 330 g/mol. The molecule has 0 aliphatic heterocycles. The Morgan fingerprint density at radius 2 is 2.00 bits per heavy atom. The largest absolute Gasteiger partial charge is 0.481 e. The number of carbonyl (C=O) groups is 1. The number of hydrogen-bond donors (Lipinski definition) is 1. The van der Waals surface area contributed by atoms with Crippen LogP contribution in [0.5, 0.6) is 5.75 Å². The lowest BCUT2D eigenvalue weighted by Gasteiger charge is -2.13. The molecule has 0 radical (unpaired) electrons. The lowest BCUT2D eigenvalue weighted by Crippen LogP contribution is -2.30. The molecule has 0 spiro atoms. The van der Waals surface area contributed by atoms with Gasteiger partial charge in [0, 0.05) is 0 Å². The van der Waals surface area contributed by atoms with Crippen LogP contribution in [0.4, 0.5) is 9.52 Å². The van der Waals surface area contributed by atoms with Gasteiger partial charge in [0.15, 0.2) is 11.2 Å². The first-order valence-electron chi connectivity index (χ1n) is 7.12. The van der Waals surface area contributed by atoms with Gasteiger partial charge in [-0.3, -0.25) is 10.1 Å². The van der Waals surface area contributed by atoms with Gasteiger partial charge in [-0.2, -0.15) is 0 Å². The molecule has 1 atom stereocenters. The first kappa shape index (κ1) is 15.4. The number of carbonyl (C=O) groups excluding carboxylic acids is 1. The molecule has 1 N–H and O–H groups in total. The van der Waals surface area contributed by atoms with E-state index in [1.54, 1.807) is 6.92 Å². The maximum absolute atomic E-state index is 12.9. The van der Waals surface area contributed by atoms with E-state index in [9.17, 15) is 9.18 Å². The Morgan fingerprint density at radius 3 is 2.70 bits per heavy atom. The van der Waals surface area contributed by atoms with E-state index in [0.717, 1.165) is 15.8 Å². The second kappa shape index (κ2) is 6.34. The summed E-state index contributed by atoms with van der Waals surface area (Å²) in [4.78, 5) is 16.6. The average molecular weight is 330 g/mol. The maximum atomic E-state index is 12.9. The lowest BCUT2D eigenvalue weighted by molar-refractivity contribution is -0.122. The molecule has 0 fully saturated rings. The first-order chi connectivity index (χ1) is 11.0. The van der Waals surface area contributed by atoms with Crippen LogP contribution >= 0.6 is 11.3 Å². The van der Waals surface area contributed by atoms with Crippen LogP contribution in [0.1, 0.15) is 12.5 Å². The third kappa shape index (κ3) is 3.48. The summed E-state index contributed by atoms with van der Waals surface area (Å²) in [6.07, 6.45) is -0.714. The predicted molar refractivity (Wildman–Crippen MR) is 89.5 cm³/mol. The summed E-state index contributed by atoms with van der Waals surface area (Å²) >= 11 is 1.42. The zero-order chi connectivity index (χ0) is 16.4. The van der Waals surface area contributed by atoms with Crippen LogP contribution in [0.25, 0.3) is 10.2 Å². The highest BCUT2D eigenvalue weighted by atomic mass is 32.1. The third-order valence-corrected chi connectivity index (χ3v) is 4.28. The number of thiazole rings is 1. The van der Waals surface area contributed by atoms with Crippen LogP contribution in [0, 0.1) is 12.7 Å². The van der Waals surface area contributed by atoms with Crippen molar-refractivity contribution in [1.82, 2.24) is 4.98 Å². The Labute approximate surface area is 136 Å². The Bertz CT molecular complexity index is 845. The molecule has 0 unspecified atom stereocenters. The first-order valence-corrected chi connectivity index (χ1v) is 7.94. The predicted octanol–water partition coefficient (Wildman–Crippen LogP) is 4.15. The summed E-state index contributed by atoms with van der Waals surface area (Å²) in [5, 5.41) is 3.30. The molecule has 2 aromatic carbocycles. The summed E-state index contributed by atoms with van der Waals surface area (Å²) in [6.45, 7) is 3.62. The zero-order valence-electron chi connectivity index (χ0n) is 12.7. The summed E-state index contributed by atoms with van der Waals surface area (Å²) in [5.74, 6) is -0.209. The van der Waals surface area contributed by atoms with Crippen LogP contribution in [0.15, 0.2) is 42.5 Å². The van der Waals surface area contributed by atoms with Crippen molar-refractivity contribution < 1.29 is 13.9 Å². The van der Waals surface area contributed by atoms with Gasteiger partial charge in [0.25, 0.3) is 5.91 Å². The molecule has 23 heavy (non-hydrogen) atoms. The molecule has 1 amide bonds. The van der Waals surface area contributed by atoms with Crippen LogP contribution in [0.2, 0.25) is 0 Å². The Balaban J connectivity index is 1.69. The standard InChI is InChI=1S/C17H15FN2O2S/c1-10-4-3-5-14-15(10)19-17(23-14)20-16(21)11(2)22-13-8-6-12(18)7-9-13/h3-9,11H,1-2H3,(H,19,20,21)/t11-/m1/s1. The molecule has 118 valence electrons. The molecule has 0 aliphatic rings. The van der Waals surface area contributed by atoms with Crippen molar-refractivity contribution in [2.24, 2.45) is 0 Å². The third-order valence-electron chi connectivity index (χ3n) is 3.35. The fraction of sp³-hybridized carbons (Fsp3) is 0.176. The Morgan fingerprint density at radius 1 is 1.26 bits per heavy atom. The highest BCUT2D eigenvalue weighted by Crippen LogP contribution is 2.28. The van der Waals surface area contributed by atoms with Gasteiger partial charge in [-0.1, -0.05) is 23.5 Å². The number of hydrogen-bond acceptors (Lipinski definition) is 4. The Kier molecular flexibility index (Phi) is 4.25. The van der Waals surface area contributed by atoms with Crippen molar-refractivity contribution in [3.05, 3.63) is 53.8 Å². The van der Waals surface area contributed by atoms with Gasteiger partial charge < -0.3 is 4.74 Å². The van der Waals surface area contributed by atoms with Crippen LogP contribution < -0.4 is 10.1 Å². The number of benzene rings is 2. The van der Waals surface area contributed by atoms with E-state index in [-0.39, 0.29) is 11.7 Å². The highest BCUT2D eigenvalue weighted by Gasteiger charge is 2.17. The minimum atomic E-state index is -0.714. The molecule has 0 saturated heterocycles. The topological polar surface area (TPSA) is 51.2 Å². The number of ether oxygens (including phenoxy) is 1. The molecule has 3 rings (SSSR count). The van der Waals surface area contributed by atoms with E-state index in [1.165, 1.54) is 35.6 Å². The van der Waals surface area contributed by atoms with Gasteiger partial charge in [0.05, 0.1) is 10.2 Å². The quantitative estimate of drug-likeness (QED) is 0.782. The highest BCUT2D eigenvalue weighted by molar-refractivity contribution is 7.22. The van der Waals surface area contributed by atoms with Crippen molar-refractivity contribution in [2.75, 3.05) is 5.32 Å². The van der Waals surface area contributed by atoms with Gasteiger partial charge in [-0.05, 0) is 49.7 Å². The fourth-order valence-corrected chi connectivity index (χ4v) is 3.06. The number of amides is 1.